The van der Waals surface area contributed by atoms with Gasteiger partial charge in [0, 0.05) is 11.3 Å². The number of hydrogen-bond acceptors (Lipinski definition) is 3. The highest BCUT2D eigenvalue weighted by Crippen LogP contribution is 2.29. The zero-order valence-corrected chi connectivity index (χ0v) is 11.1. The second kappa shape index (κ2) is 6.21. The van der Waals surface area contributed by atoms with Crippen LogP contribution in [0.15, 0.2) is 48.5 Å². The minimum Gasteiger partial charge on any atom is -0.423 e. The molecule has 0 radical (unpaired) electrons. The van der Waals surface area contributed by atoms with Crippen LogP contribution in [-0.2, 0) is 6.18 Å². The zero-order chi connectivity index (χ0) is 16.3. The molecular formula is C14H11BF3NO3. The summed E-state index contributed by atoms with van der Waals surface area (Å²) >= 11 is 0. The predicted molar refractivity (Wildman–Crippen MR) is 75.7 cm³/mol. The number of amides is 1. The lowest BCUT2D eigenvalue weighted by Gasteiger charge is -2.10. The van der Waals surface area contributed by atoms with Gasteiger partial charge in [-0.3, -0.25) is 4.79 Å². The number of halogens is 3. The molecule has 1 amide bonds. The van der Waals surface area contributed by atoms with Crippen molar-refractivity contribution in [3.05, 3.63) is 59.7 Å². The first-order valence-electron chi connectivity index (χ1n) is 6.22. The van der Waals surface area contributed by atoms with Gasteiger partial charge in [-0.15, -0.1) is 0 Å². The van der Waals surface area contributed by atoms with E-state index in [0.29, 0.717) is 0 Å². The Morgan fingerprint density at radius 1 is 1.05 bits per heavy atom. The number of carbonyl (C=O) groups excluding carboxylic acids is 1. The highest BCUT2D eigenvalue weighted by molar-refractivity contribution is 6.58. The molecule has 22 heavy (non-hydrogen) atoms. The van der Waals surface area contributed by atoms with Gasteiger partial charge in [0.2, 0.25) is 0 Å². The molecule has 0 unspecified atom stereocenters. The molecule has 4 nitrogen and oxygen atoms in total. The quantitative estimate of drug-likeness (QED) is 0.755. The minimum atomic E-state index is -4.53. The number of nitrogens with one attached hydrogen (secondary N) is 1. The average Bonchev–Trinajstić information content (AvgIpc) is 2.46. The van der Waals surface area contributed by atoms with E-state index in [1.807, 2.05) is 0 Å². The number of carbonyl (C=O) groups is 1. The van der Waals surface area contributed by atoms with Crippen molar-refractivity contribution < 1.29 is 28.0 Å². The molecule has 2 rings (SSSR count). The van der Waals surface area contributed by atoms with Gasteiger partial charge in [0.1, 0.15) is 0 Å². The van der Waals surface area contributed by atoms with Gasteiger partial charge in [0.05, 0.1) is 5.56 Å². The van der Waals surface area contributed by atoms with Crippen LogP contribution in [-0.4, -0.2) is 23.1 Å². The molecule has 0 saturated carbocycles. The standard InChI is InChI=1S/C14H11BF3NO3/c16-14(17,18)10-4-1-3-9(7-10)13(20)19-12-6-2-5-11(8-12)15(21)22/h1-8,21-22H,(H,19,20). The minimum absolute atomic E-state index is 0.148. The Bertz CT molecular complexity index is 689. The van der Waals surface area contributed by atoms with Crippen molar-refractivity contribution in [3.63, 3.8) is 0 Å². The van der Waals surface area contributed by atoms with Crippen LogP contribution in [0.1, 0.15) is 15.9 Å². The molecule has 0 heterocycles. The van der Waals surface area contributed by atoms with Crippen LogP contribution in [0.25, 0.3) is 0 Å². The Labute approximate surface area is 124 Å². The first kappa shape index (κ1) is 16.1. The normalized spacial score (nSPS) is 11.1. The van der Waals surface area contributed by atoms with Crippen LogP contribution < -0.4 is 10.8 Å². The van der Waals surface area contributed by atoms with Gasteiger partial charge >= 0.3 is 13.3 Å². The Balaban J connectivity index is 2.21. The highest BCUT2D eigenvalue weighted by Gasteiger charge is 2.30. The second-order valence-corrected chi connectivity index (χ2v) is 4.53. The van der Waals surface area contributed by atoms with E-state index in [9.17, 15) is 18.0 Å². The van der Waals surface area contributed by atoms with E-state index >= 15 is 0 Å². The van der Waals surface area contributed by atoms with Gasteiger partial charge in [0.15, 0.2) is 0 Å². The average molecular weight is 309 g/mol. The summed E-state index contributed by atoms with van der Waals surface area (Å²) in [6.45, 7) is 0. The van der Waals surface area contributed by atoms with Crippen LogP contribution >= 0.6 is 0 Å². The largest absolute Gasteiger partial charge is 0.488 e. The van der Waals surface area contributed by atoms with Gasteiger partial charge in [-0.05, 0) is 35.8 Å². The van der Waals surface area contributed by atoms with Crippen LogP contribution in [0.3, 0.4) is 0 Å². The summed E-state index contributed by atoms with van der Waals surface area (Å²) in [5.74, 6) is -0.726. The topological polar surface area (TPSA) is 69.6 Å². The Hall–Kier alpha value is -2.32. The third-order valence-electron chi connectivity index (χ3n) is 2.89. The molecule has 114 valence electrons. The summed E-state index contributed by atoms with van der Waals surface area (Å²) in [4.78, 5) is 12.0. The Morgan fingerprint density at radius 2 is 1.73 bits per heavy atom. The summed E-state index contributed by atoms with van der Waals surface area (Å²) in [7, 11) is -1.70. The maximum Gasteiger partial charge on any atom is 0.488 e. The van der Waals surface area contributed by atoms with Crippen molar-refractivity contribution in [2.45, 2.75) is 6.18 Å². The molecule has 2 aromatic carbocycles. The molecule has 0 bridgehead atoms. The Morgan fingerprint density at radius 3 is 2.36 bits per heavy atom. The predicted octanol–water partition coefficient (Wildman–Crippen LogP) is 1.64. The molecule has 2 aromatic rings. The lowest BCUT2D eigenvalue weighted by Crippen LogP contribution is -2.30. The Kier molecular flexibility index (Phi) is 4.53. The third kappa shape index (κ3) is 3.87. The van der Waals surface area contributed by atoms with Gasteiger partial charge in [-0.2, -0.15) is 13.2 Å². The molecule has 0 aromatic heterocycles. The number of benzene rings is 2. The molecule has 0 spiro atoms. The molecule has 0 fully saturated rings. The summed E-state index contributed by atoms with van der Waals surface area (Å²) in [6.07, 6.45) is -4.53. The maximum absolute atomic E-state index is 12.6. The van der Waals surface area contributed by atoms with Gasteiger partial charge in [-0.25, -0.2) is 0 Å². The van der Waals surface area contributed by atoms with E-state index in [2.05, 4.69) is 5.32 Å². The summed E-state index contributed by atoms with van der Waals surface area (Å²) in [5.41, 5.74) is -0.667. The first-order chi connectivity index (χ1) is 10.3. The van der Waals surface area contributed by atoms with Crippen LogP contribution in [0.4, 0.5) is 18.9 Å². The second-order valence-electron chi connectivity index (χ2n) is 4.53. The van der Waals surface area contributed by atoms with E-state index in [1.165, 1.54) is 30.3 Å². The first-order valence-corrected chi connectivity index (χ1v) is 6.22. The highest BCUT2D eigenvalue weighted by atomic mass is 19.4. The van der Waals surface area contributed by atoms with E-state index in [4.69, 9.17) is 10.0 Å². The fraction of sp³-hybridized carbons (Fsp3) is 0.0714. The van der Waals surface area contributed by atoms with Crippen molar-refractivity contribution in [1.29, 1.82) is 0 Å². The molecule has 0 aliphatic carbocycles. The van der Waals surface area contributed by atoms with Crippen molar-refractivity contribution in [2.24, 2.45) is 0 Å². The van der Waals surface area contributed by atoms with Gasteiger partial charge in [0.25, 0.3) is 5.91 Å². The van der Waals surface area contributed by atoms with Crippen molar-refractivity contribution in [3.8, 4) is 0 Å². The number of rotatable bonds is 3. The van der Waals surface area contributed by atoms with Crippen LogP contribution in [0.5, 0.6) is 0 Å². The molecular weight excluding hydrogens is 298 g/mol. The molecule has 8 heteroatoms. The van der Waals surface area contributed by atoms with E-state index in [1.54, 1.807) is 0 Å². The molecule has 0 aliphatic heterocycles. The van der Waals surface area contributed by atoms with E-state index in [-0.39, 0.29) is 16.7 Å². The van der Waals surface area contributed by atoms with Crippen molar-refractivity contribution in [1.82, 2.24) is 0 Å². The fourth-order valence-electron chi connectivity index (χ4n) is 1.82. The molecule has 0 saturated heterocycles. The van der Waals surface area contributed by atoms with Crippen molar-refractivity contribution >= 4 is 24.2 Å². The monoisotopic (exact) mass is 309 g/mol. The number of alkyl halides is 3. The molecule has 3 N–H and O–H groups in total. The summed E-state index contributed by atoms with van der Waals surface area (Å²) in [6, 6.07) is 9.75. The number of anilines is 1. The molecule has 0 aliphatic rings. The maximum atomic E-state index is 12.6. The fourth-order valence-corrected chi connectivity index (χ4v) is 1.82. The molecule has 0 atom stereocenters. The van der Waals surface area contributed by atoms with E-state index in [0.717, 1.165) is 18.2 Å². The van der Waals surface area contributed by atoms with E-state index < -0.39 is 24.8 Å². The van der Waals surface area contributed by atoms with Crippen LogP contribution in [0.2, 0.25) is 0 Å². The zero-order valence-electron chi connectivity index (χ0n) is 11.1. The van der Waals surface area contributed by atoms with Crippen LogP contribution in [0, 0.1) is 0 Å². The lowest BCUT2D eigenvalue weighted by molar-refractivity contribution is -0.137. The summed E-state index contributed by atoms with van der Waals surface area (Å²) < 4.78 is 37.8. The SMILES string of the molecule is O=C(Nc1cccc(B(O)O)c1)c1cccc(C(F)(F)F)c1. The number of hydrogen-bond donors (Lipinski definition) is 3. The lowest BCUT2D eigenvalue weighted by atomic mass is 9.80. The van der Waals surface area contributed by atoms with Crippen molar-refractivity contribution in [2.75, 3.05) is 5.32 Å². The van der Waals surface area contributed by atoms with Gasteiger partial charge in [-0.1, -0.05) is 18.2 Å². The summed E-state index contributed by atoms with van der Waals surface area (Å²) in [5, 5.41) is 20.5. The smallest absolute Gasteiger partial charge is 0.423 e. The third-order valence-corrected chi connectivity index (χ3v) is 2.89. The van der Waals surface area contributed by atoms with Gasteiger partial charge < -0.3 is 15.4 Å².